The largest absolute Gasteiger partial charge is 0.382 e. The number of nitrogen functional groups attached to an aromatic ring is 1. The highest BCUT2D eigenvalue weighted by molar-refractivity contribution is 5.62. The average molecular weight is 322 g/mol. The highest BCUT2D eigenvalue weighted by Gasteiger charge is 2.10. The number of aromatic nitrogens is 6. The van der Waals surface area contributed by atoms with Gasteiger partial charge in [-0.15, -0.1) is 5.10 Å². The SMILES string of the molecule is Nc1ccc2ncc(-c3cnc(Nc4ncccc4F)nc3)n2n1. The Kier molecular flexibility index (Phi) is 3.23. The zero-order valence-corrected chi connectivity index (χ0v) is 12.3. The lowest BCUT2D eigenvalue weighted by Gasteiger charge is -2.05. The molecule has 0 amide bonds. The summed E-state index contributed by atoms with van der Waals surface area (Å²) in [6.07, 6.45) is 6.31. The maximum atomic E-state index is 13.6. The first kappa shape index (κ1) is 14.0. The zero-order valence-electron chi connectivity index (χ0n) is 12.3. The Balaban J connectivity index is 1.66. The molecule has 0 unspecified atom stereocenters. The van der Waals surface area contributed by atoms with Gasteiger partial charge in [0.1, 0.15) is 5.82 Å². The highest BCUT2D eigenvalue weighted by atomic mass is 19.1. The number of pyridine rings is 1. The number of nitrogens with one attached hydrogen (secondary N) is 1. The summed E-state index contributed by atoms with van der Waals surface area (Å²) in [6, 6.07) is 6.26. The standard InChI is InChI=1S/C15H11FN8/c16-10-2-1-5-18-14(10)22-15-20-6-9(7-21-15)11-8-19-13-4-3-12(17)23-24(11)13/h1-8H,(H2,17,23)(H,18,20,21,22). The van der Waals surface area contributed by atoms with Crippen LogP contribution in [0, 0.1) is 5.82 Å². The molecule has 4 heterocycles. The molecular weight excluding hydrogens is 311 g/mol. The van der Waals surface area contributed by atoms with Crippen molar-refractivity contribution in [1.82, 2.24) is 29.5 Å². The van der Waals surface area contributed by atoms with Gasteiger partial charge in [0, 0.05) is 24.2 Å². The van der Waals surface area contributed by atoms with E-state index in [1.54, 1.807) is 35.2 Å². The minimum absolute atomic E-state index is 0.0643. The van der Waals surface area contributed by atoms with Gasteiger partial charge in [0.05, 0.1) is 11.9 Å². The Labute approximate surface area is 135 Å². The molecule has 0 radical (unpaired) electrons. The van der Waals surface area contributed by atoms with Gasteiger partial charge in [-0.05, 0) is 24.3 Å². The number of rotatable bonds is 3. The first-order chi connectivity index (χ1) is 11.7. The van der Waals surface area contributed by atoms with Crippen molar-refractivity contribution in [3.05, 3.63) is 54.9 Å². The van der Waals surface area contributed by atoms with Gasteiger partial charge in [-0.3, -0.25) is 0 Å². The number of hydrogen-bond acceptors (Lipinski definition) is 7. The van der Waals surface area contributed by atoms with E-state index in [9.17, 15) is 4.39 Å². The molecule has 4 aromatic rings. The van der Waals surface area contributed by atoms with E-state index in [1.807, 2.05) is 0 Å². The molecule has 0 bridgehead atoms. The molecule has 0 aliphatic carbocycles. The molecule has 0 aliphatic heterocycles. The maximum Gasteiger partial charge on any atom is 0.228 e. The third-order valence-corrected chi connectivity index (χ3v) is 3.32. The molecule has 8 nitrogen and oxygen atoms in total. The summed E-state index contributed by atoms with van der Waals surface area (Å²) >= 11 is 0. The average Bonchev–Trinajstić information content (AvgIpc) is 3.01. The number of nitrogens with zero attached hydrogens (tertiary/aromatic N) is 6. The summed E-state index contributed by atoms with van der Waals surface area (Å²) in [5.41, 5.74) is 7.78. The highest BCUT2D eigenvalue weighted by Crippen LogP contribution is 2.20. The van der Waals surface area contributed by atoms with Crippen LogP contribution in [0.4, 0.5) is 22.0 Å². The fourth-order valence-corrected chi connectivity index (χ4v) is 2.19. The van der Waals surface area contributed by atoms with Crippen molar-refractivity contribution in [3.8, 4) is 11.3 Å². The topological polar surface area (TPSA) is 107 Å². The fraction of sp³-hybridized carbons (Fsp3) is 0. The first-order valence-corrected chi connectivity index (χ1v) is 7.01. The molecule has 4 rings (SSSR count). The molecule has 118 valence electrons. The van der Waals surface area contributed by atoms with Crippen LogP contribution >= 0.6 is 0 Å². The van der Waals surface area contributed by atoms with E-state index in [2.05, 4.69) is 30.4 Å². The second kappa shape index (κ2) is 5.54. The zero-order chi connectivity index (χ0) is 16.5. The fourth-order valence-electron chi connectivity index (χ4n) is 2.19. The minimum atomic E-state index is -0.480. The summed E-state index contributed by atoms with van der Waals surface area (Å²) < 4.78 is 15.2. The third-order valence-electron chi connectivity index (χ3n) is 3.32. The molecule has 0 aliphatic rings. The van der Waals surface area contributed by atoms with Crippen LogP contribution in [-0.2, 0) is 0 Å². The quantitative estimate of drug-likeness (QED) is 0.594. The lowest BCUT2D eigenvalue weighted by atomic mass is 10.3. The first-order valence-electron chi connectivity index (χ1n) is 7.01. The molecule has 0 spiro atoms. The Morgan fingerprint density at radius 1 is 1.00 bits per heavy atom. The molecule has 0 fully saturated rings. The monoisotopic (exact) mass is 322 g/mol. The van der Waals surface area contributed by atoms with Gasteiger partial charge in [0.15, 0.2) is 17.3 Å². The third kappa shape index (κ3) is 2.47. The Bertz CT molecular complexity index is 1010. The van der Waals surface area contributed by atoms with Crippen LogP contribution in [0.25, 0.3) is 16.9 Å². The lowest BCUT2D eigenvalue weighted by molar-refractivity contribution is 0.626. The summed E-state index contributed by atoms with van der Waals surface area (Å²) in [6.45, 7) is 0. The number of nitrogens with two attached hydrogens (primary N) is 1. The van der Waals surface area contributed by atoms with Crippen molar-refractivity contribution in [2.45, 2.75) is 0 Å². The van der Waals surface area contributed by atoms with Gasteiger partial charge in [0.25, 0.3) is 0 Å². The Morgan fingerprint density at radius 2 is 1.83 bits per heavy atom. The Hall–Kier alpha value is -3.62. The van der Waals surface area contributed by atoms with Crippen molar-refractivity contribution in [1.29, 1.82) is 0 Å². The summed E-state index contributed by atoms with van der Waals surface area (Å²) in [7, 11) is 0. The summed E-state index contributed by atoms with van der Waals surface area (Å²) in [4.78, 5) is 16.5. The molecule has 24 heavy (non-hydrogen) atoms. The van der Waals surface area contributed by atoms with Crippen LogP contribution in [0.3, 0.4) is 0 Å². The van der Waals surface area contributed by atoms with Crippen molar-refractivity contribution in [3.63, 3.8) is 0 Å². The number of imidazole rings is 1. The van der Waals surface area contributed by atoms with E-state index in [0.717, 1.165) is 0 Å². The number of anilines is 3. The van der Waals surface area contributed by atoms with E-state index in [-0.39, 0.29) is 11.8 Å². The van der Waals surface area contributed by atoms with Crippen molar-refractivity contribution < 1.29 is 4.39 Å². The maximum absolute atomic E-state index is 13.6. The Morgan fingerprint density at radius 3 is 2.62 bits per heavy atom. The normalized spacial score (nSPS) is 10.9. The minimum Gasteiger partial charge on any atom is -0.382 e. The molecule has 0 atom stereocenters. The molecule has 0 saturated carbocycles. The van der Waals surface area contributed by atoms with E-state index >= 15 is 0 Å². The van der Waals surface area contributed by atoms with Crippen LogP contribution in [0.1, 0.15) is 0 Å². The van der Waals surface area contributed by atoms with Crippen LogP contribution in [0.15, 0.2) is 49.1 Å². The van der Waals surface area contributed by atoms with Crippen LogP contribution in [-0.4, -0.2) is 29.5 Å². The van der Waals surface area contributed by atoms with Gasteiger partial charge >= 0.3 is 0 Å². The number of halogens is 1. The van der Waals surface area contributed by atoms with Crippen LogP contribution in [0.2, 0.25) is 0 Å². The smallest absolute Gasteiger partial charge is 0.228 e. The number of hydrogen-bond donors (Lipinski definition) is 2. The molecular formula is C15H11FN8. The molecule has 0 saturated heterocycles. The second-order valence-corrected chi connectivity index (χ2v) is 4.93. The predicted octanol–water partition coefficient (Wildman–Crippen LogP) is 2.05. The van der Waals surface area contributed by atoms with Gasteiger partial charge < -0.3 is 11.1 Å². The predicted molar refractivity (Wildman–Crippen MR) is 85.9 cm³/mol. The van der Waals surface area contributed by atoms with E-state index in [1.165, 1.54) is 18.3 Å². The molecule has 3 N–H and O–H groups in total. The summed E-state index contributed by atoms with van der Waals surface area (Å²) in [5.74, 6) is 0.199. The van der Waals surface area contributed by atoms with Gasteiger partial charge in [-0.2, -0.15) is 0 Å². The van der Waals surface area contributed by atoms with Crippen molar-refractivity contribution in [2.75, 3.05) is 11.1 Å². The lowest BCUT2D eigenvalue weighted by Crippen LogP contribution is -2.02. The van der Waals surface area contributed by atoms with Crippen molar-refractivity contribution in [2.24, 2.45) is 0 Å². The van der Waals surface area contributed by atoms with Crippen LogP contribution < -0.4 is 11.1 Å². The summed E-state index contributed by atoms with van der Waals surface area (Å²) in [5, 5.41) is 6.94. The second-order valence-electron chi connectivity index (χ2n) is 4.93. The number of fused-ring (bicyclic) bond motifs is 1. The molecule has 9 heteroatoms. The van der Waals surface area contributed by atoms with Gasteiger partial charge in [0.2, 0.25) is 5.95 Å². The van der Waals surface area contributed by atoms with E-state index in [0.29, 0.717) is 22.7 Å². The van der Waals surface area contributed by atoms with Gasteiger partial charge in [-0.1, -0.05) is 0 Å². The van der Waals surface area contributed by atoms with Gasteiger partial charge in [-0.25, -0.2) is 28.8 Å². The van der Waals surface area contributed by atoms with Crippen molar-refractivity contribution >= 4 is 23.2 Å². The van der Waals surface area contributed by atoms with E-state index in [4.69, 9.17) is 5.73 Å². The van der Waals surface area contributed by atoms with E-state index < -0.39 is 5.82 Å². The van der Waals surface area contributed by atoms with Crippen LogP contribution in [0.5, 0.6) is 0 Å². The molecule has 0 aromatic carbocycles. The molecule has 4 aromatic heterocycles.